The molecule has 9 heteroatoms. The van der Waals surface area contributed by atoms with Crippen LogP contribution < -0.4 is 5.56 Å². The zero-order valence-electron chi connectivity index (χ0n) is 12.2. The second-order valence-electron chi connectivity index (χ2n) is 5.70. The summed E-state index contributed by atoms with van der Waals surface area (Å²) in [6, 6.07) is 1.92. The number of aromatic nitrogens is 5. The van der Waals surface area contributed by atoms with Crippen LogP contribution in [0.15, 0.2) is 32.1 Å². The summed E-state index contributed by atoms with van der Waals surface area (Å²) in [6.45, 7) is 5.78. The van der Waals surface area contributed by atoms with E-state index in [1.165, 1.54) is 26.9 Å². The Labute approximate surface area is 138 Å². The maximum atomic E-state index is 12.7. The predicted molar refractivity (Wildman–Crippen MR) is 88.8 cm³/mol. The fraction of sp³-hybridized carbons (Fsp3) is 0.308. The minimum atomic E-state index is -0.404. The van der Waals surface area contributed by atoms with E-state index in [4.69, 9.17) is 0 Å². The van der Waals surface area contributed by atoms with Crippen LogP contribution in [0.2, 0.25) is 0 Å². The molecule has 0 saturated heterocycles. The van der Waals surface area contributed by atoms with Gasteiger partial charge in [0.2, 0.25) is 0 Å². The highest BCUT2D eigenvalue weighted by molar-refractivity contribution is 9.10. The molecule has 22 heavy (non-hydrogen) atoms. The smallest absolute Gasteiger partial charge is 0.265 e. The van der Waals surface area contributed by atoms with Gasteiger partial charge in [-0.05, 0) is 22.0 Å². The largest absolute Gasteiger partial charge is 0.298 e. The van der Waals surface area contributed by atoms with Crippen molar-refractivity contribution in [1.29, 1.82) is 0 Å². The lowest BCUT2D eigenvalue weighted by Gasteiger charge is -2.16. The average molecular weight is 381 g/mol. The third-order valence-electron chi connectivity index (χ3n) is 2.90. The highest BCUT2D eigenvalue weighted by Crippen LogP contribution is 2.18. The van der Waals surface area contributed by atoms with Gasteiger partial charge in [-0.25, -0.2) is 0 Å². The Balaban J connectivity index is 2.19. The van der Waals surface area contributed by atoms with Crippen molar-refractivity contribution < 1.29 is 0 Å². The molecule has 0 amide bonds. The summed E-state index contributed by atoms with van der Waals surface area (Å²) < 4.78 is 3.67. The molecule has 0 saturated carbocycles. The van der Waals surface area contributed by atoms with Gasteiger partial charge in [0, 0.05) is 20.1 Å². The number of thiophene rings is 1. The van der Waals surface area contributed by atoms with Crippen molar-refractivity contribution in [2.24, 2.45) is 5.10 Å². The fourth-order valence-corrected chi connectivity index (χ4v) is 3.16. The van der Waals surface area contributed by atoms with Crippen LogP contribution in [-0.4, -0.2) is 30.7 Å². The Kier molecular flexibility index (Phi) is 3.69. The minimum absolute atomic E-state index is 0.282. The molecule has 0 aliphatic carbocycles. The van der Waals surface area contributed by atoms with Gasteiger partial charge in [-0.3, -0.25) is 4.79 Å². The van der Waals surface area contributed by atoms with E-state index in [0.717, 1.165) is 9.35 Å². The fourth-order valence-electron chi connectivity index (χ4n) is 1.86. The first kappa shape index (κ1) is 15.0. The molecule has 0 aromatic carbocycles. The van der Waals surface area contributed by atoms with Gasteiger partial charge in [0.25, 0.3) is 11.3 Å². The summed E-state index contributed by atoms with van der Waals surface area (Å²) in [5.74, 6) is 0.282. The Hall–Kier alpha value is -1.87. The Morgan fingerprint density at radius 3 is 2.82 bits per heavy atom. The molecule has 0 bridgehead atoms. The van der Waals surface area contributed by atoms with Gasteiger partial charge in [-0.1, -0.05) is 20.8 Å². The monoisotopic (exact) mass is 380 g/mol. The Morgan fingerprint density at radius 1 is 1.41 bits per heavy atom. The molecule has 0 aliphatic rings. The van der Waals surface area contributed by atoms with E-state index in [1.807, 2.05) is 32.2 Å². The van der Waals surface area contributed by atoms with E-state index in [9.17, 15) is 4.79 Å². The van der Waals surface area contributed by atoms with Crippen molar-refractivity contribution in [3.63, 3.8) is 0 Å². The lowest BCUT2D eigenvalue weighted by molar-refractivity contribution is 0.529. The van der Waals surface area contributed by atoms with Crippen molar-refractivity contribution in [2.75, 3.05) is 0 Å². The summed E-state index contributed by atoms with van der Waals surface area (Å²) in [5.41, 5.74) is -0.289. The number of hydrogen-bond acceptors (Lipinski definition) is 6. The maximum Gasteiger partial charge on any atom is 0.298 e. The Bertz CT molecular complexity index is 917. The summed E-state index contributed by atoms with van der Waals surface area (Å²) in [5, 5.41) is 18.2. The molecule has 0 fully saturated rings. The van der Waals surface area contributed by atoms with E-state index >= 15 is 0 Å². The molecule has 0 atom stereocenters. The summed E-state index contributed by atoms with van der Waals surface area (Å²) in [6.07, 6.45) is 3.08. The SMILES string of the molecule is CC(C)(C)c1nn2cnnc2n(/N=C/c2cc(Br)cs2)c1=O. The lowest BCUT2D eigenvalue weighted by Crippen LogP contribution is -2.32. The zero-order valence-corrected chi connectivity index (χ0v) is 14.6. The van der Waals surface area contributed by atoms with Crippen LogP contribution in [0.3, 0.4) is 0 Å². The number of nitrogens with zero attached hydrogens (tertiary/aromatic N) is 6. The first-order valence-corrected chi connectivity index (χ1v) is 8.15. The van der Waals surface area contributed by atoms with Gasteiger partial charge in [0.05, 0.1) is 6.21 Å². The predicted octanol–water partition coefficient (Wildman–Crippen LogP) is 2.29. The molecule has 3 aromatic heterocycles. The van der Waals surface area contributed by atoms with Gasteiger partial charge in [0.15, 0.2) is 0 Å². The number of fused-ring (bicyclic) bond motifs is 1. The van der Waals surface area contributed by atoms with Gasteiger partial charge >= 0.3 is 0 Å². The number of hydrogen-bond donors (Lipinski definition) is 0. The van der Waals surface area contributed by atoms with Crippen LogP contribution in [0.5, 0.6) is 0 Å². The van der Waals surface area contributed by atoms with E-state index in [-0.39, 0.29) is 11.3 Å². The molecule has 3 aromatic rings. The van der Waals surface area contributed by atoms with Crippen LogP contribution in [0.1, 0.15) is 31.3 Å². The molecule has 0 aliphatic heterocycles. The normalized spacial score (nSPS) is 12.5. The molecular formula is C13H13BrN6OS. The van der Waals surface area contributed by atoms with Crippen molar-refractivity contribution >= 4 is 39.3 Å². The third-order valence-corrected chi connectivity index (χ3v) is 4.53. The van der Waals surface area contributed by atoms with Crippen LogP contribution in [0.25, 0.3) is 5.78 Å². The molecule has 3 rings (SSSR count). The summed E-state index contributed by atoms with van der Waals surface area (Å²) in [4.78, 5) is 13.6. The maximum absolute atomic E-state index is 12.7. The van der Waals surface area contributed by atoms with Gasteiger partial charge in [0.1, 0.15) is 12.0 Å². The number of rotatable bonds is 2. The zero-order chi connectivity index (χ0) is 15.9. The van der Waals surface area contributed by atoms with Gasteiger partial charge < -0.3 is 0 Å². The summed E-state index contributed by atoms with van der Waals surface area (Å²) in [7, 11) is 0. The first-order chi connectivity index (χ1) is 10.4. The molecular weight excluding hydrogens is 368 g/mol. The molecule has 0 radical (unpaired) electrons. The quantitative estimate of drug-likeness (QED) is 0.639. The topological polar surface area (TPSA) is 77.4 Å². The molecule has 0 N–H and O–H groups in total. The number of halogens is 1. The van der Waals surface area contributed by atoms with Crippen LogP contribution in [0, 0.1) is 0 Å². The molecule has 0 unspecified atom stereocenters. The van der Waals surface area contributed by atoms with Crippen molar-refractivity contribution in [3.8, 4) is 0 Å². The van der Waals surface area contributed by atoms with Gasteiger partial charge in [-0.2, -0.15) is 19.4 Å². The van der Waals surface area contributed by atoms with E-state index in [1.54, 1.807) is 6.21 Å². The highest BCUT2D eigenvalue weighted by Gasteiger charge is 2.23. The van der Waals surface area contributed by atoms with Crippen molar-refractivity contribution in [3.05, 3.63) is 43.2 Å². The van der Waals surface area contributed by atoms with E-state index in [0.29, 0.717) is 5.69 Å². The van der Waals surface area contributed by atoms with Crippen LogP contribution >= 0.6 is 27.3 Å². The lowest BCUT2D eigenvalue weighted by atomic mass is 9.93. The highest BCUT2D eigenvalue weighted by atomic mass is 79.9. The van der Waals surface area contributed by atoms with Crippen molar-refractivity contribution in [2.45, 2.75) is 26.2 Å². The third kappa shape index (κ3) is 2.73. The van der Waals surface area contributed by atoms with Gasteiger partial charge in [-0.15, -0.1) is 21.5 Å². The van der Waals surface area contributed by atoms with Crippen LogP contribution in [0.4, 0.5) is 0 Å². The van der Waals surface area contributed by atoms with E-state index < -0.39 is 5.41 Å². The van der Waals surface area contributed by atoms with Crippen molar-refractivity contribution in [1.82, 2.24) is 24.5 Å². The first-order valence-electron chi connectivity index (χ1n) is 6.48. The molecule has 7 nitrogen and oxygen atoms in total. The standard InChI is InChI=1S/C13H13BrN6OS/c1-13(2,3)10-11(21)20(12-17-15-7-19(12)18-10)16-5-9-4-8(14)6-22-9/h4-7H,1-3H3/b16-5+. The van der Waals surface area contributed by atoms with Crippen LogP contribution in [-0.2, 0) is 5.41 Å². The minimum Gasteiger partial charge on any atom is -0.265 e. The molecule has 0 spiro atoms. The Morgan fingerprint density at radius 2 is 2.18 bits per heavy atom. The molecule has 3 heterocycles. The summed E-state index contributed by atoms with van der Waals surface area (Å²) >= 11 is 4.91. The average Bonchev–Trinajstić information content (AvgIpc) is 3.04. The van der Waals surface area contributed by atoms with E-state index in [2.05, 4.69) is 36.3 Å². The second kappa shape index (κ2) is 5.40. The molecule has 114 valence electrons. The second-order valence-corrected chi connectivity index (χ2v) is 7.56.